The highest BCUT2D eigenvalue weighted by Gasteiger charge is 2.21. The number of halogens is 2. The van der Waals surface area contributed by atoms with E-state index in [1.807, 2.05) is 0 Å². The fourth-order valence-corrected chi connectivity index (χ4v) is 3.90. The minimum atomic E-state index is -3.85. The third kappa shape index (κ3) is 3.24. The molecule has 0 fully saturated rings. The zero-order chi connectivity index (χ0) is 14.8. The molecule has 0 spiro atoms. The number of nitrogens with two attached hydrogens (primary N) is 1. The van der Waals surface area contributed by atoms with Crippen LogP contribution in [0.15, 0.2) is 47.4 Å². The Morgan fingerprint density at radius 1 is 1.05 bits per heavy atom. The lowest BCUT2D eigenvalue weighted by molar-refractivity contribution is 0.601. The molecule has 2 rings (SSSR count). The van der Waals surface area contributed by atoms with Crippen LogP contribution in [0.25, 0.3) is 0 Å². The Bertz CT molecular complexity index is 713. The Labute approximate surface area is 127 Å². The summed E-state index contributed by atoms with van der Waals surface area (Å²) in [6.45, 7) is 0.322. The Morgan fingerprint density at radius 3 is 2.25 bits per heavy atom. The van der Waals surface area contributed by atoms with Crippen LogP contribution in [-0.4, -0.2) is 8.42 Å². The summed E-state index contributed by atoms with van der Waals surface area (Å²) in [5.41, 5.74) is 6.74. The van der Waals surface area contributed by atoms with E-state index in [0.29, 0.717) is 12.2 Å². The quantitative estimate of drug-likeness (QED) is 0.903. The molecule has 0 saturated heterocycles. The monoisotopic (exact) mass is 330 g/mol. The van der Waals surface area contributed by atoms with Gasteiger partial charge < -0.3 is 5.73 Å². The maximum Gasteiger partial charge on any atom is 0.264 e. The number of anilines is 1. The molecule has 2 aromatic rings. The topological polar surface area (TPSA) is 72.2 Å². The lowest BCUT2D eigenvalue weighted by Crippen LogP contribution is -2.14. The van der Waals surface area contributed by atoms with Crippen molar-refractivity contribution in [2.75, 3.05) is 4.72 Å². The molecule has 0 amide bonds. The maximum atomic E-state index is 12.3. The highest BCUT2D eigenvalue weighted by molar-refractivity contribution is 7.93. The number of hydrogen-bond acceptors (Lipinski definition) is 3. The van der Waals surface area contributed by atoms with Crippen molar-refractivity contribution in [2.24, 2.45) is 5.73 Å². The third-order valence-corrected chi connectivity index (χ3v) is 4.94. The first-order valence-corrected chi connectivity index (χ1v) is 7.94. The van der Waals surface area contributed by atoms with Crippen LogP contribution in [0, 0.1) is 0 Å². The smallest absolute Gasteiger partial charge is 0.264 e. The first-order valence-electron chi connectivity index (χ1n) is 5.70. The Kier molecular flexibility index (Phi) is 4.55. The first-order chi connectivity index (χ1) is 9.44. The summed E-state index contributed by atoms with van der Waals surface area (Å²) in [6, 6.07) is 11.3. The predicted molar refractivity (Wildman–Crippen MR) is 81.6 cm³/mol. The fraction of sp³-hybridized carbons (Fsp3) is 0.0769. The molecular formula is C13H12Cl2N2O2S. The van der Waals surface area contributed by atoms with Gasteiger partial charge in [-0.25, -0.2) is 8.42 Å². The predicted octanol–water partition coefficient (Wildman–Crippen LogP) is 3.25. The number of sulfonamides is 1. The molecule has 3 N–H and O–H groups in total. The van der Waals surface area contributed by atoms with Crippen molar-refractivity contribution in [3.63, 3.8) is 0 Å². The number of benzene rings is 2. The highest BCUT2D eigenvalue weighted by atomic mass is 35.5. The molecule has 0 saturated carbocycles. The molecule has 0 heterocycles. The number of nitrogens with one attached hydrogen (secondary N) is 1. The van der Waals surface area contributed by atoms with E-state index in [0.717, 1.165) is 5.56 Å². The van der Waals surface area contributed by atoms with E-state index in [4.69, 9.17) is 28.9 Å². The van der Waals surface area contributed by atoms with Crippen molar-refractivity contribution in [3.05, 3.63) is 58.1 Å². The zero-order valence-electron chi connectivity index (χ0n) is 10.3. The van der Waals surface area contributed by atoms with E-state index >= 15 is 0 Å². The van der Waals surface area contributed by atoms with Gasteiger partial charge in [-0.3, -0.25) is 4.72 Å². The highest BCUT2D eigenvalue weighted by Crippen LogP contribution is 2.30. The van der Waals surface area contributed by atoms with Gasteiger partial charge in [-0.2, -0.15) is 0 Å². The maximum absolute atomic E-state index is 12.3. The molecule has 2 aromatic carbocycles. The summed E-state index contributed by atoms with van der Waals surface area (Å²) in [7, 11) is -3.85. The van der Waals surface area contributed by atoms with Crippen LogP contribution in [0.1, 0.15) is 5.56 Å². The van der Waals surface area contributed by atoms with Crippen LogP contribution in [0.3, 0.4) is 0 Å². The molecule has 0 bridgehead atoms. The molecular weight excluding hydrogens is 319 g/mol. The summed E-state index contributed by atoms with van der Waals surface area (Å²) >= 11 is 11.8. The van der Waals surface area contributed by atoms with E-state index in [-0.39, 0.29) is 14.9 Å². The first kappa shape index (κ1) is 15.1. The van der Waals surface area contributed by atoms with Gasteiger partial charge in [0.05, 0.1) is 10.0 Å². The largest absolute Gasteiger partial charge is 0.326 e. The van der Waals surface area contributed by atoms with Crippen LogP contribution in [-0.2, 0) is 16.6 Å². The zero-order valence-corrected chi connectivity index (χ0v) is 12.6. The minimum Gasteiger partial charge on any atom is -0.326 e. The second-order valence-electron chi connectivity index (χ2n) is 4.06. The Hall–Kier alpha value is -1.27. The third-order valence-electron chi connectivity index (χ3n) is 2.60. The molecule has 0 aliphatic rings. The van der Waals surface area contributed by atoms with Crippen LogP contribution < -0.4 is 10.5 Å². The van der Waals surface area contributed by atoms with Crippen molar-refractivity contribution in [3.8, 4) is 0 Å². The lowest BCUT2D eigenvalue weighted by Gasteiger charge is -2.11. The lowest BCUT2D eigenvalue weighted by atomic mass is 10.2. The Morgan fingerprint density at radius 2 is 1.65 bits per heavy atom. The summed E-state index contributed by atoms with van der Waals surface area (Å²) in [5, 5.41) is 0.139. The summed E-state index contributed by atoms with van der Waals surface area (Å²) in [6.07, 6.45) is 0. The van der Waals surface area contributed by atoms with Crippen molar-refractivity contribution < 1.29 is 8.42 Å². The van der Waals surface area contributed by atoms with Gasteiger partial charge in [-0.1, -0.05) is 41.4 Å². The van der Waals surface area contributed by atoms with Crippen LogP contribution in [0.4, 0.5) is 5.69 Å². The van der Waals surface area contributed by atoms with Crippen LogP contribution in [0.2, 0.25) is 10.0 Å². The molecule has 7 heteroatoms. The van der Waals surface area contributed by atoms with Crippen molar-refractivity contribution in [2.45, 2.75) is 11.4 Å². The standard InChI is InChI=1S/C13H12Cl2N2O2S/c14-11-5-2-6-12(15)13(11)20(18,19)17-10-4-1-3-9(7-10)8-16/h1-7,17H,8,16H2. The van der Waals surface area contributed by atoms with Gasteiger partial charge in [0.15, 0.2) is 0 Å². The molecule has 0 radical (unpaired) electrons. The molecule has 0 unspecified atom stereocenters. The second-order valence-corrected chi connectivity index (χ2v) is 6.49. The molecule has 0 aliphatic carbocycles. The number of hydrogen-bond donors (Lipinski definition) is 2. The van der Waals surface area contributed by atoms with E-state index < -0.39 is 10.0 Å². The Balaban J connectivity index is 2.41. The molecule has 0 aliphatic heterocycles. The summed E-state index contributed by atoms with van der Waals surface area (Å²) in [5.74, 6) is 0. The van der Waals surface area contributed by atoms with Gasteiger partial charge in [0, 0.05) is 12.2 Å². The van der Waals surface area contributed by atoms with Gasteiger partial charge in [0.25, 0.3) is 10.0 Å². The SMILES string of the molecule is NCc1cccc(NS(=O)(=O)c2c(Cl)cccc2Cl)c1. The summed E-state index contributed by atoms with van der Waals surface area (Å²) in [4.78, 5) is -0.138. The van der Waals surface area contributed by atoms with E-state index in [1.165, 1.54) is 12.1 Å². The minimum absolute atomic E-state index is 0.0694. The van der Waals surface area contributed by atoms with Crippen LogP contribution >= 0.6 is 23.2 Å². The van der Waals surface area contributed by atoms with Crippen LogP contribution in [0.5, 0.6) is 0 Å². The van der Waals surface area contributed by atoms with Crippen molar-refractivity contribution in [1.82, 2.24) is 0 Å². The van der Waals surface area contributed by atoms with E-state index in [2.05, 4.69) is 4.72 Å². The van der Waals surface area contributed by atoms with E-state index in [9.17, 15) is 8.42 Å². The van der Waals surface area contributed by atoms with Crippen molar-refractivity contribution >= 4 is 38.9 Å². The number of rotatable bonds is 4. The second kappa shape index (κ2) is 6.01. The van der Waals surface area contributed by atoms with Gasteiger partial charge in [-0.15, -0.1) is 0 Å². The summed E-state index contributed by atoms with van der Waals surface area (Å²) < 4.78 is 27.1. The average molecular weight is 331 g/mol. The van der Waals surface area contributed by atoms with Gasteiger partial charge >= 0.3 is 0 Å². The average Bonchev–Trinajstić information content (AvgIpc) is 2.37. The van der Waals surface area contributed by atoms with Crippen molar-refractivity contribution in [1.29, 1.82) is 0 Å². The van der Waals surface area contributed by atoms with Gasteiger partial charge in [-0.05, 0) is 29.8 Å². The van der Waals surface area contributed by atoms with Gasteiger partial charge in [0.1, 0.15) is 4.90 Å². The van der Waals surface area contributed by atoms with Gasteiger partial charge in [0.2, 0.25) is 0 Å². The van der Waals surface area contributed by atoms with E-state index in [1.54, 1.807) is 30.3 Å². The molecule has 106 valence electrons. The molecule has 20 heavy (non-hydrogen) atoms. The fourth-order valence-electron chi connectivity index (χ4n) is 1.71. The molecule has 0 aromatic heterocycles. The molecule has 0 atom stereocenters. The molecule has 4 nitrogen and oxygen atoms in total. The normalized spacial score (nSPS) is 11.3.